The van der Waals surface area contributed by atoms with Gasteiger partial charge in [0.25, 0.3) is 0 Å². The molecule has 3 N–H and O–H groups in total. The van der Waals surface area contributed by atoms with E-state index in [1.165, 1.54) is 19.3 Å². The van der Waals surface area contributed by atoms with Crippen LogP contribution in [0.1, 0.15) is 26.2 Å². The van der Waals surface area contributed by atoms with Gasteiger partial charge in [-0.05, 0) is 38.1 Å². The molecule has 2 aliphatic rings. The van der Waals surface area contributed by atoms with Crippen LogP contribution in [0.4, 0.5) is 0 Å². The lowest BCUT2D eigenvalue weighted by atomic mass is 9.93. The number of amides is 1. The molecule has 4 nitrogen and oxygen atoms in total. The molecule has 2 rings (SSSR count). The van der Waals surface area contributed by atoms with E-state index in [0.29, 0.717) is 18.4 Å². The fourth-order valence-electron chi connectivity index (χ4n) is 2.83. The van der Waals surface area contributed by atoms with Gasteiger partial charge in [-0.1, -0.05) is 6.42 Å². The third-order valence-electron chi connectivity index (χ3n) is 3.60. The molecule has 0 spiro atoms. The number of rotatable bonds is 3. The van der Waals surface area contributed by atoms with Crippen molar-refractivity contribution in [1.82, 2.24) is 10.6 Å². The highest BCUT2D eigenvalue weighted by atomic mass is 16.3. The van der Waals surface area contributed by atoms with Crippen LogP contribution in [0, 0.1) is 11.8 Å². The Morgan fingerprint density at radius 2 is 2.40 bits per heavy atom. The second-order valence-corrected chi connectivity index (χ2v) is 4.83. The third-order valence-corrected chi connectivity index (χ3v) is 3.60. The lowest BCUT2D eigenvalue weighted by molar-refractivity contribution is -0.124. The van der Waals surface area contributed by atoms with Crippen molar-refractivity contribution in [3.63, 3.8) is 0 Å². The number of hydrogen-bond donors (Lipinski definition) is 3. The van der Waals surface area contributed by atoms with Crippen LogP contribution in [0.25, 0.3) is 0 Å². The molecule has 1 heterocycles. The molecule has 1 saturated carbocycles. The van der Waals surface area contributed by atoms with Crippen molar-refractivity contribution >= 4 is 5.91 Å². The summed E-state index contributed by atoms with van der Waals surface area (Å²) in [4.78, 5) is 11.8. The summed E-state index contributed by atoms with van der Waals surface area (Å²) < 4.78 is 0. The van der Waals surface area contributed by atoms with E-state index >= 15 is 0 Å². The summed E-state index contributed by atoms with van der Waals surface area (Å²) in [6, 6.07) is -0.0174. The van der Waals surface area contributed by atoms with Crippen LogP contribution in [-0.4, -0.2) is 36.2 Å². The van der Waals surface area contributed by atoms with Gasteiger partial charge in [0.2, 0.25) is 5.91 Å². The van der Waals surface area contributed by atoms with Crippen molar-refractivity contribution in [2.75, 3.05) is 13.1 Å². The number of aliphatic hydroxyl groups excluding tert-OH is 1. The SMILES string of the molecule is C[C@H](O)CNC(=O)C1NCC2CCCC21. The molecule has 2 fully saturated rings. The minimum Gasteiger partial charge on any atom is -0.392 e. The summed E-state index contributed by atoms with van der Waals surface area (Å²) in [5.74, 6) is 1.29. The lowest BCUT2D eigenvalue weighted by Gasteiger charge is -2.18. The maximum atomic E-state index is 11.8. The van der Waals surface area contributed by atoms with Gasteiger partial charge in [0.15, 0.2) is 0 Å². The molecular formula is C11H20N2O2. The van der Waals surface area contributed by atoms with Crippen molar-refractivity contribution in [2.24, 2.45) is 11.8 Å². The minimum absolute atomic E-state index is 0.0174. The highest BCUT2D eigenvalue weighted by Gasteiger charge is 2.42. The van der Waals surface area contributed by atoms with Gasteiger partial charge in [-0.25, -0.2) is 0 Å². The molecule has 86 valence electrons. The fourth-order valence-corrected chi connectivity index (χ4v) is 2.83. The van der Waals surface area contributed by atoms with Crippen molar-refractivity contribution in [2.45, 2.75) is 38.3 Å². The summed E-state index contributed by atoms with van der Waals surface area (Å²) in [5.41, 5.74) is 0. The first-order valence-electron chi connectivity index (χ1n) is 5.87. The van der Waals surface area contributed by atoms with E-state index in [1.807, 2.05) is 0 Å². The van der Waals surface area contributed by atoms with Crippen LogP contribution < -0.4 is 10.6 Å². The Balaban J connectivity index is 1.85. The highest BCUT2D eigenvalue weighted by molar-refractivity contribution is 5.82. The van der Waals surface area contributed by atoms with E-state index in [0.717, 1.165) is 6.54 Å². The van der Waals surface area contributed by atoms with E-state index in [4.69, 9.17) is 5.11 Å². The normalized spacial score (nSPS) is 36.3. The molecule has 4 atom stereocenters. The molecule has 1 amide bonds. The molecule has 3 unspecified atom stereocenters. The Morgan fingerprint density at radius 3 is 3.13 bits per heavy atom. The number of carbonyl (C=O) groups is 1. The molecule has 1 saturated heterocycles. The standard InChI is InChI=1S/C11H20N2O2/c1-7(14)5-13-11(15)10-9-4-2-3-8(9)6-12-10/h7-10,12,14H,2-6H2,1H3,(H,13,15)/t7-,8?,9?,10?/m0/s1. The van der Waals surface area contributed by atoms with Gasteiger partial charge in [0.1, 0.15) is 0 Å². The average molecular weight is 212 g/mol. The van der Waals surface area contributed by atoms with Gasteiger partial charge in [-0.3, -0.25) is 4.79 Å². The number of aliphatic hydroxyl groups is 1. The first-order valence-corrected chi connectivity index (χ1v) is 5.87. The van der Waals surface area contributed by atoms with E-state index < -0.39 is 6.10 Å². The Labute approximate surface area is 90.4 Å². The van der Waals surface area contributed by atoms with Crippen molar-refractivity contribution in [3.05, 3.63) is 0 Å². The van der Waals surface area contributed by atoms with E-state index in [9.17, 15) is 4.79 Å². The Kier molecular flexibility index (Phi) is 3.26. The van der Waals surface area contributed by atoms with Crippen molar-refractivity contribution in [3.8, 4) is 0 Å². The molecular weight excluding hydrogens is 192 g/mol. The summed E-state index contributed by atoms with van der Waals surface area (Å²) in [6.45, 7) is 3.02. The smallest absolute Gasteiger partial charge is 0.237 e. The van der Waals surface area contributed by atoms with Crippen LogP contribution in [0.5, 0.6) is 0 Å². The minimum atomic E-state index is -0.463. The molecule has 15 heavy (non-hydrogen) atoms. The van der Waals surface area contributed by atoms with Crippen LogP contribution in [0.3, 0.4) is 0 Å². The second kappa shape index (κ2) is 4.49. The summed E-state index contributed by atoms with van der Waals surface area (Å²) in [6.07, 6.45) is 3.23. The first kappa shape index (κ1) is 10.9. The summed E-state index contributed by atoms with van der Waals surface area (Å²) in [7, 11) is 0. The summed E-state index contributed by atoms with van der Waals surface area (Å²) >= 11 is 0. The predicted molar refractivity (Wildman–Crippen MR) is 57.3 cm³/mol. The van der Waals surface area contributed by atoms with Gasteiger partial charge in [0.05, 0.1) is 12.1 Å². The average Bonchev–Trinajstić information content (AvgIpc) is 2.74. The van der Waals surface area contributed by atoms with E-state index in [2.05, 4.69) is 10.6 Å². The molecule has 1 aliphatic heterocycles. The summed E-state index contributed by atoms with van der Waals surface area (Å²) in [5, 5.41) is 15.2. The van der Waals surface area contributed by atoms with Gasteiger partial charge in [-0.2, -0.15) is 0 Å². The zero-order valence-corrected chi connectivity index (χ0v) is 9.20. The van der Waals surface area contributed by atoms with Crippen molar-refractivity contribution < 1.29 is 9.90 Å². The molecule has 0 aromatic heterocycles. The molecule has 0 aromatic carbocycles. The van der Waals surface area contributed by atoms with Crippen molar-refractivity contribution in [1.29, 1.82) is 0 Å². The van der Waals surface area contributed by atoms with Gasteiger partial charge in [-0.15, -0.1) is 0 Å². The van der Waals surface area contributed by atoms with Crippen LogP contribution in [0.15, 0.2) is 0 Å². The van der Waals surface area contributed by atoms with Gasteiger partial charge < -0.3 is 15.7 Å². The van der Waals surface area contributed by atoms with Gasteiger partial charge >= 0.3 is 0 Å². The van der Waals surface area contributed by atoms with Gasteiger partial charge in [0, 0.05) is 6.54 Å². The quantitative estimate of drug-likeness (QED) is 0.611. The zero-order chi connectivity index (χ0) is 10.8. The lowest BCUT2D eigenvalue weighted by Crippen LogP contribution is -2.45. The predicted octanol–water partition coefficient (Wildman–Crippen LogP) is -0.128. The maximum absolute atomic E-state index is 11.8. The molecule has 1 aliphatic carbocycles. The third kappa shape index (κ3) is 2.32. The Morgan fingerprint density at radius 1 is 1.60 bits per heavy atom. The molecule has 4 heteroatoms. The molecule has 0 aromatic rings. The highest BCUT2D eigenvalue weighted by Crippen LogP contribution is 2.37. The monoisotopic (exact) mass is 212 g/mol. The van der Waals surface area contributed by atoms with Crippen LogP contribution in [0.2, 0.25) is 0 Å². The Hall–Kier alpha value is -0.610. The van der Waals surface area contributed by atoms with Crippen LogP contribution in [-0.2, 0) is 4.79 Å². The second-order valence-electron chi connectivity index (χ2n) is 4.83. The number of carbonyl (C=O) groups excluding carboxylic acids is 1. The fraction of sp³-hybridized carbons (Fsp3) is 0.909. The largest absolute Gasteiger partial charge is 0.392 e. The van der Waals surface area contributed by atoms with E-state index in [-0.39, 0.29) is 11.9 Å². The topological polar surface area (TPSA) is 61.4 Å². The van der Waals surface area contributed by atoms with Crippen LogP contribution >= 0.6 is 0 Å². The number of fused-ring (bicyclic) bond motifs is 1. The van der Waals surface area contributed by atoms with E-state index in [1.54, 1.807) is 6.92 Å². The first-order chi connectivity index (χ1) is 7.18. The maximum Gasteiger partial charge on any atom is 0.237 e. The Bertz CT molecular complexity index is 243. The zero-order valence-electron chi connectivity index (χ0n) is 9.20. The molecule has 0 bridgehead atoms. The molecule has 0 radical (unpaired) electrons. The number of nitrogens with one attached hydrogen (secondary N) is 2. The number of hydrogen-bond acceptors (Lipinski definition) is 3.